The lowest BCUT2D eigenvalue weighted by molar-refractivity contribution is 0.0503. The molecule has 1 unspecified atom stereocenters. The van der Waals surface area contributed by atoms with Crippen LogP contribution in [0.3, 0.4) is 0 Å². The summed E-state index contributed by atoms with van der Waals surface area (Å²) in [7, 11) is 0. The number of fused-ring (bicyclic) bond motifs is 1. The fourth-order valence-corrected chi connectivity index (χ4v) is 4.03. The third-order valence-electron chi connectivity index (χ3n) is 4.64. The average molecular weight is 370 g/mol. The molecule has 1 amide bonds. The van der Waals surface area contributed by atoms with Crippen molar-refractivity contribution in [1.29, 1.82) is 0 Å². The largest absolute Gasteiger partial charge is 0.376 e. The maximum atomic E-state index is 13.2. The number of aryl methyl sites for hydroxylation is 2. The first kappa shape index (κ1) is 17.2. The lowest BCUT2D eigenvalue weighted by Crippen LogP contribution is -2.37. The Kier molecular flexibility index (Phi) is 4.74. The van der Waals surface area contributed by atoms with Crippen LogP contribution in [-0.2, 0) is 11.3 Å². The van der Waals surface area contributed by atoms with Gasteiger partial charge in [-0.2, -0.15) is 16.4 Å². The normalized spacial score (nSPS) is 17.1. The molecular formula is C19H22N4O2S. The van der Waals surface area contributed by atoms with Crippen LogP contribution in [0.25, 0.3) is 5.65 Å². The van der Waals surface area contributed by atoms with E-state index in [1.807, 2.05) is 36.3 Å². The summed E-state index contributed by atoms with van der Waals surface area (Å²) in [5.74, 6) is -0.0591. The number of carbonyl (C=O) groups excluding carboxylic acids is 1. The second kappa shape index (κ2) is 7.17. The van der Waals surface area contributed by atoms with Gasteiger partial charge in [-0.15, -0.1) is 0 Å². The predicted octanol–water partition coefficient (Wildman–Crippen LogP) is 3.23. The molecule has 4 heterocycles. The zero-order valence-corrected chi connectivity index (χ0v) is 15.8. The van der Waals surface area contributed by atoms with E-state index in [0.29, 0.717) is 24.4 Å². The highest BCUT2D eigenvalue weighted by atomic mass is 32.1. The molecule has 0 bridgehead atoms. The van der Waals surface area contributed by atoms with Crippen LogP contribution in [0.15, 0.2) is 29.0 Å². The highest BCUT2D eigenvalue weighted by molar-refractivity contribution is 7.07. The Morgan fingerprint density at radius 1 is 1.42 bits per heavy atom. The third kappa shape index (κ3) is 3.50. The zero-order valence-electron chi connectivity index (χ0n) is 15.0. The number of nitrogens with zero attached hydrogens (tertiary/aromatic N) is 4. The van der Waals surface area contributed by atoms with E-state index < -0.39 is 0 Å². The summed E-state index contributed by atoms with van der Waals surface area (Å²) in [6.07, 6.45) is 2.17. The fraction of sp³-hybridized carbons (Fsp3) is 0.421. The summed E-state index contributed by atoms with van der Waals surface area (Å²) in [6.45, 7) is 5.83. The van der Waals surface area contributed by atoms with E-state index in [9.17, 15) is 4.79 Å². The Balaban J connectivity index is 1.64. The molecule has 3 aromatic heterocycles. The molecule has 0 radical (unpaired) electrons. The van der Waals surface area contributed by atoms with E-state index in [4.69, 9.17) is 4.74 Å². The molecular weight excluding hydrogens is 348 g/mol. The van der Waals surface area contributed by atoms with Crippen molar-refractivity contribution >= 4 is 22.9 Å². The van der Waals surface area contributed by atoms with Gasteiger partial charge in [0.1, 0.15) is 5.69 Å². The minimum Gasteiger partial charge on any atom is -0.376 e. The first-order valence-corrected chi connectivity index (χ1v) is 9.80. The molecule has 0 aromatic carbocycles. The molecule has 0 N–H and O–H groups in total. The van der Waals surface area contributed by atoms with Crippen LogP contribution in [0.5, 0.6) is 0 Å². The number of hydrogen-bond donors (Lipinski definition) is 0. The van der Waals surface area contributed by atoms with Crippen LogP contribution in [0.4, 0.5) is 0 Å². The number of amides is 1. The number of rotatable bonds is 5. The second-order valence-electron chi connectivity index (χ2n) is 6.79. The molecule has 1 saturated heterocycles. The Labute approximate surface area is 156 Å². The maximum absolute atomic E-state index is 13.2. The molecule has 0 aliphatic carbocycles. The zero-order chi connectivity index (χ0) is 18.1. The van der Waals surface area contributed by atoms with Crippen LogP contribution in [-0.4, -0.2) is 44.7 Å². The van der Waals surface area contributed by atoms with Crippen molar-refractivity contribution in [3.05, 3.63) is 51.6 Å². The number of thiophene rings is 1. The molecule has 1 fully saturated rings. The molecule has 26 heavy (non-hydrogen) atoms. The minimum absolute atomic E-state index is 0.0591. The smallest absolute Gasteiger partial charge is 0.272 e. The van der Waals surface area contributed by atoms with Crippen LogP contribution in [0.1, 0.15) is 40.3 Å². The van der Waals surface area contributed by atoms with Gasteiger partial charge in [-0.05, 0) is 55.1 Å². The van der Waals surface area contributed by atoms with Crippen molar-refractivity contribution in [3.63, 3.8) is 0 Å². The first-order chi connectivity index (χ1) is 12.6. The molecule has 3 aromatic rings. The van der Waals surface area contributed by atoms with Gasteiger partial charge in [0.2, 0.25) is 0 Å². The highest BCUT2D eigenvalue weighted by Gasteiger charge is 2.25. The van der Waals surface area contributed by atoms with Gasteiger partial charge < -0.3 is 9.64 Å². The van der Waals surface area contributed by atoms with Crippen molar-refractivity contribution in [1.82, 2.24) is 19.5 Å². The first-order valence-electron chi connectivity index (χ1n) is 8.86. The van der Waals surface area contributed by atoms with Crippen molar-refractivity contribution in [2.75, 3.05) is 13.2 Å². The van der Waals surface area contributed by atoms with Crippen molar-refractivity contribution in [2.45, 2.75) is 39.3 Å². The van der Waals surface area contributed by atoms with Gasteiger partial charge in [0.05, 0.1) is 11.8 Å². The van der Waals surface area contributed by atoms with Crippen molar-refractivity contribution in [2.24, 2.45) is 0 Å². The van der Waals surface area contributed by atoms with Gasteiger partial charge >= 0.3 is 0 Å². The molecule has 136 valence electrons. The monoisotopic (exact) mass is 370 g/mol. The maximum Gasteiger partial charge on any atom is 0.272 e. The molecule has 1 aliphatic rings. The lowest BCUT2D eigenvalue weighted by atomic mass is 10.2. The Morgan fingerprint density at radius 3 is 3.04 bits per heavy atom. The van der Waals surface area contributed by atoms with Crippen molar-refractivity contribution in [3.8, 4) is 0 Å². The van der Waals surface area contributed by atoms with Gasteiger partial charge in [-0.25, -0.2) is 9.50 Å². The van der Waals surface area contributed by atoms with E-state index in [2.05, 4.69) is 21.5 Å². The van der Waals surface area contributed by atoms with Crippen LogP contribution < -0.4 is 0 Å². The number of carbonyl (C=O) groups is 1. The van der Waals surface area contributed by atoms with E-state index >= 15 is 0 Å². The lowest BCUT2D eigenvalue weighted by Gasteiger charge is -2.25. The fourth-order valence-electron chi connectivity index (χ4n) is 3.37. The van der Waals surface area contributed by atoms with Crippen LogP contribution in [0, 0.1) is 13.8 Å². The van der Waals surface area contributed by atoms with Gasteiger partial charge in [-0.1, -0.05) is 0 Å². The quantitative estimate of drug-likeness (QED) is 0.692. The van der Waals surface area contributed by atoms with E-state index in [1.54, 1.807) is 15.9 Å². The molecule has 1 atom stereocenters. The van der Waals surface area contributed by atoms with E-state index in [-0.39, 0.29) is 12.0 Å². The highest BCUT2D eigenvalue weighted by Crippen LogP contribution is 2.19. The minimum atomic E-state index is -0.0591. The van der Waals surface area contributed by atoms with Crippen LogP contribution in [0.2, 0.25) is 0 Å². The molecule has 4 rings (SSSR count). The SMILES string of the molecule is Cc1cc2nc(C(=O)N(Cc3ccsc3)CC3CCCO3)cc(C)n2n1. The molecule has 1 aliphatic heterocycles. The standard InChI is InChI=1S/C19H22N4O2S/c1-13-8-18-20-17(9-14(2)23(18)21-13)19(24)22(10-15-5-7-26-12-15)11-16-4-3-6-25-16/h5,7-9,12,16H,3-4,6,10-11H2,1-2H3. The summed E-state index contributed by atoms with van der Waals surface area (Å²) in [5, 5.41) is 8.53. The molecule has 0 spiro atoms. The van der Waals surface area contributed by atoms with Gasteiger partial charge in [0.25, 0.3) is 5.91 Å². The summed E-state index contributed by atoms with van der Waals surface area (Å²) in [5.41, 5.74) is 4.10. The van der Waals surface area contributed by atoms with Crippen molar-refractivity contribution < 1.29 is 9.53 Å². The number of hydrogen-bond acceptors (Lipinski definition) is 5. The summed E-state index contributed by atoms with van der Waals surface area (Å²) >= 11 is 1.64. The van der Waals surface area contributed by atoms with Gasteiger partial charge in [0.15, 0.2) is 5.65 Å². The second-order valence-corrected chi connectivity index (χ2v) is 7.57. The summed E-state index contributed by atoms with van der Waals surface area (Å²) < 4.78 is 7.53. The predicted molar refractivity (Wildman–Crippen MR) is 100 cm³/mol. The summed E-state index contributed by atoms with van der Waals surface area (Å²) in [6, 6.07) is 5.77. The number of aromatic nitrogens is 3. The van der Waals surface area contributed by atoms with E-state index in [1.165, 1.54) is 0 Å². The topological polar surface area (TPSA) is 59.7 Å². The Bertz CT molecular complexity index is 913. The van der Waals surface area contributed by atoms with E-state index in [0.717, 1.165) is 36.4 Å². The Hall–Kier alpha value is -2.25. The third-order valence-corrected chi connectivity index (χ3v) is 5.37. The van der Waals surface area contributed by atoms with Gasteiger partial charge in [-0.3, -0.25) is 4.79 Å². The average Bonchev–Trinajstić information content (AvgIpc) is 3.35. The molecule has 0 saturated carbocycles. The number of ether oxygens (including phenoxy) is 1. The molecule has 6 nitrogen and oxygen atoms in total. The molecule has 7 heteroatoms. The van der Waals surface area contributed by atoms with Crippen LogP contribution >= 0.6 is 11.3 Å². The Morgan fingerprint density at radius 2 is 2.31 bits per heavy atom. The summed E-state index contributed by atoms with van der Waals surface area (Å²) in [4.78, 5) is 19.7. The van der Waals surface area contributed by atoms with Gasteiger partial charge in [0, 0.05) is 31.5 Å².